The number of aliphatic hydroxyl groups excluding tert-OH is 1. The monoisotopic (exact) mass is 643 g/mol. The lowest BCUT2D eigenvalue weighted by molar-refractivity contribution is -0.152. The number of unbranched alkanes of at least 4 members (excludes halogenated alkanes) is 2. The number of rotatable bonds is 15. The number of benzene rings is 1. The number of amides is 3. The van der Waals surface area contributed by atoms with Crippen molar-refractivity contribution in [3.05, 3.63) is 55.6 Å². The molecule has 3 aliphatic heterocycles. The molecule has 3 heterocycles. The van der Waals surface area contributed by atoms with E-state index in [0.29, 0.717) is 31.6 Å². The summed E-state index contributed by atoms with van der Waals surface area (Å²) in [6.07, 6.45) is 6.78. The summed E-state index contributed by atoms with van der Waals surface area (Å²) in [5.74, 6) is -2.41. The molecule has 8 nitrogen and oxygen atoms in total. The number of hydrogen-bond donors (Lipinski definition) is 1. The molecule has 3 aliphatic rings. The number of carbonyl (C=O) groups excluding carboxylic acids is 3. The fourth-order valence-corrected chi connectivity index (χ4v) is 8.16. The SMILES string of the molecule is C=CCN(CCCCC)C(=O)C1N([C@@H](CO)[C@@H](C)CC)C(=O)[C@@H]2[C@H](C(=O)N(CC=C)c3ccccc3)[C@H]3OC12CC3Br. The molecule has 3 saturated heterocycles. The third-order valence-corrected chi connectivity index (χ3v) is 10.3. The molecule has 3 amide bonds. The molecule has 1 spiro atoms. The van der Waals surface area contributed by atoms with Crippen LogP contribution in [0.5, 0.6) is 0 Å². The Morgan fingerprint density at radius 1 is 1.17 bits per heavy atom. The van der Waals surface area contributed by atoms with Gasteiger partial charge in [0.05, 0.1) is 30.6 Å². The molecule has 230 valence electrons. The molecule has 1 aromatic rings. The van der Waals surface area contributed by atoms with E-state index in [4.69, 9.17) is 4.74 Å². The number of carbonyl (C=O) groups is 3. The molecular weight excluding hydrogens is 598 g/mol. The summed E-state index contributed by atoms with van der Waals surface area (Å²) in [5, 5.41) is 10.6. The zero-order chi connectivity index (χ0) is 30.6. The van der Waals surface area contributed by atoms with E-state index in [1.165, 1.54) is 0 Å². The molecule has 9 heteroatoms. The molecule has 0 aromatic heterocycles. The Morgan fingerprint density at radius 3 is 2.45 bits per heavy atom. The Hall–Kier alpha value is -2.49. The number of alkyl halides is 1. The minimum Gasteiger partial charge on any atom is -0.394 e. The summed E-state index contributed by atoms with van der Waals surface area (Å²) < 4.78 is 6.75. The zero-order valence-corrected chi connectivity index (χ0v) is 26.7. The smallest absolute Gasteiger partial charge is 0.248 e. The van der Waals surface area contributed by atoms with Crippen LogP contribution in [0.2, 0.25) is 0 Å². The molecule has 4 rings (SSSR count). The molecule has 2 bridgehead atoms. The van der Waals surface area contributed by atoms with Crippen molar-refractivity contribution in [2.75, 3.05) is 31.1 Å². The van der Waals surface area contributed by atoms with E-state index in [0.717, 1.165) is 19.3 Å². The van der Waals surface area contributed by atoms with E-state index in [2.05, 4.69) is 36.0 Å². The van der Waals surface area contributed by atoms with Gasteiger partial charge in [-0.15, -0.1) is 13.2 Å². The van der Waals surface area contributed by atoms with E-state index in [1.807, 2.05) is 44.2 Å². The number of anilines is 1. The van der Waals surface area contributed by atoms with Gasteiger partial charge < -0.3 is 24.5 Å². The van der Waals surface area contributed by atoms with Gasteiger partial charge in [0.25, 0.3) is 0 Å². The van der Waals surface area contributed by atoms with E-state index in [-0.39, 0.29) is 41.6 Å². The van der Waals surface area contributed by atoms with Crippen LogP contribution >= 0.6 is 15.9 Å². The van der Waals surface area contributed by atoms with E-state index < -0.39 is 35.6 Å². The van der Waals surface area contributed by atoms with Gasteiger partial charge in [-0.1, -0.05) is 86.3 Å². The van der Waals surface area contributed by atoms with Crippen LogP contribution in [0.15, 0.2) is 55.6 Å². The van der Waals surface area contributed by atoms with Gasteiger partial charge in [0, 0.05) is 30.1 Å². The second kappa shape index (κ2) is 13.9. The molecule has 3 unspecified atom stereocenters. The van der Waals surface area contributed by atoms with Gasteiger partial charge in [0.15, 0.2) is 0 Å². The first-order chi connectivity index (χ1) is 20.2. The second-order valence-corrected chi connectivity index (χ2v) is 13.1. The summed E-state index contributed by atoms with van der Waals surface area (Å²) in [4.78, 5) is 48.4. The Bertz CT molecular complexity index is 1150. The fourth-order valence-electron chi connectivity index (χ4n) is 7.21. The van der Waals surface area contributed by atoms with Gasteiger partial charge in [-0.05, 0) is 30.9 Å². The Balaban J connectivity index is 1.82. The van der Waals surface area contributed by atoms with Crippen LogP contribution < -0.4 is 4.90 Å². The number of para-hydroxylation sites is 1. The van der Waals surface area contributed by atoms with E-state index in [1.54, 1.807) is 26.9 Å². The maximum absolute atomic E-state index is 14.6. The second-order valence-electron chi connectivity index (χ2n) is 11.9. The predicted molar refractivity (Wildman–Crippen MR) is 168 cm³/mol. The van der Waals surface area contributed by atoms with Crippen molar-refractivity contribution in [1.29, 1.82) is 0 Å². The summed E-state index contributed by atoms with van der Waals surface area (Å²) in [6.45, 7) is 14.7. The average molecular weight is 645 g/mol. The minimum atomic E-state index is -1.19. The lowest BCUT2D eigenvalue weighted by atomic mass is 9.70. The van der Waals surface area contributed by atoms with Gasteiger partial charge in [0.1, 0.15) is 11.6 Å². The third-order valence-electron chi connectivity index (χ3n) is 9.43. The summed E-state index contributed by atoms with van der Waals surface area (Å²) in [6, 6.07) is 7.82. The van der Waals surface area contributed by atoms with Crippen LogP contribution in [0.1, 0.15) is 52.9 Å². The normalized spacial score (nSPS) is 29.2. The number of nitrogens with zero attached hydrogens (tertiary/aromatic N) is 3. The molecule has 8 atom stereocenters. The van der Waals surface area contributed by atoms with Crippen molar-refractivity contribution in [3.8, 4) is 0 Å². The maximum Gasteiger partial charge on any atom is 0.248 e. The summed E-state index contributed by atoms with van der Waals surface area (Å²) in [5.41, 5.74) is -0.476. The Kier molecular flexibility index (Phi) is 10.7. The van der Waals surface area contributed by atoms with Crippen molar-refractivity contribution in [2.45, 2.75) is 81.5 Å². The Labute approximate surface area is 258 Å². The highest BCUT2D eigenvalue weighted by molar-refractivity contribution is 9.09. The predicted octanol–water partition coefficient (Wildman–Crippen LogP) is 4.57. The Morgan fingerprint density at radius 2 is 1.86 bits per heavy atom. The molecule has 0 saturated carbocycles. The first kappa shape index (κ1) is 32.4. The highest BCUT2D eigenvalue weighted by Crippen LogP contribution is 2.61. The van der Waals surface area contributed by atoms with Gasteiger partial charge in [-0.25, -0.2) is 0 Å². The van der Waals surface area contributed by atoms with Crippen molar-refractivity contribution >= 4 is 39.3 Å². The van der Waals surface area contributed by atoms with Crippen LogP contribution in [0, 0.1) is 17.8 Å². The van der Waals surface area contributed by atoms with Crippen LogP contribution in [-0.2, 0) is 19.1 Å². The molecule has 1 aromatic carbocycles. The molecular formula is C33H46BrN3O5. The molecule has 0 aliphatic carbocycles. The number of hydrogen-bond acceptors (Lipinski definition) is 5. The molecule has 1 N–H and O–H groups in total. The molecule has 0 radical (unpaired) electrons. The van der Waals surface area contributed by atoms with Gasteiger partial charge >= 0.3 is 0 Å². The largest absolute Gasteiger partial charge is 0.394 e. The first-order valence-electron chi connectivity index (χ1n) is 15.3. The van der Waals surface area contributed by atoms with Crippen LogP contribution in [-0.4, -0.2) is 87.5 Å². The molecule has 3 fully saturated rings. The van der Waals surface area contributed by atoms with Crippen LogP contribution in [0.25, 0.3) is 0 Å². The highest BCUT2D eigenvalue weighted by Gasteiger charge is 2.77. The summed E-state index contributed by atoms with van der Waals surface area (Å²) >= 11 is 3.78. The lowest BCUT2D eigenvalue weighted by Crippen LogP contribution is -2.60. The van der Waals surface area contributed by atoms with Gasteiger partial charge in [0.2, 0.25) is 17.7 Å². The summed E-state index contributed by atoms with van der Waals surface area (Å²) in [7, 11) is 0. The lowest BCUT2D eigenvalue weighted by Gasteiger charge is -2.41. The maximum atomic E-state index is 14.6. The minimum absolute atomic E-state index is 0.0647. The number of aliphatic hydroxyl groups is 1. The fraction of sp³-hybridized carbons (Fsp3) is 0.606. The average Bonchev–Trinajstić information content (AvgIpc) is 3.59. The quantitative estimate of drug-likeness (QED) is 0.172. The van der Waals surface area contributed by atoms with Gasteiger partial charge in [-0.3, -0.25) is 14.4 Å². The standard InChI is InChI=1S/C33H46BrN3O5/c1-6-10-14-19-35(17-7-2)32(41)29-33-20-24(34)28(42-33)26(27(33)31(40)37(29)25(21-38)22(5)9-4)30(39)36(18-8-3)23-15-12-11-13-16-23/h7-8,11-13,15-16,22,24-29,38H,2-3,6,9-10,14,17-21H2,1,4-5H3/t22-,24?,25-,26-,27-,28-,29?,33?/m0/s1. The molecule has 42 heavy (non-hydrogen) atoms. The van der Waals surface area contributed by atoms with Crippen molar-refractivity contribution in [2.24, 2.45) is 17.8 Å². The topological polar surface area (TPSA) is 90.4 Å². The van der Waals surface area contributed by atoms with Crippen molar-refractivity contribution < 1.29 is 24.2 Å². The van der Waals surface area contributed by atoms with Crippen molar-refractivity contribution in [1.82, 2.24) is 9.80 Å². The van der Waals surface area contributed by atoms with Gasteiger partial charge in [-0.2, -0.15) is 0 Å². The number of fused-ring (bicyclic) bond motifs is 1. The highest BCUT2D eigenvalue weighted by atomic mass is 79.9. The zero-order valence-electron chi connectivity index (χ0n) is 25.2. The van der Waals surface area contributed by atoms with Crippen molar-refractivity contribution in [3.63, 3.8) is 0 Å². The number of ether oxygens (including phenoxy) is 1. The number of halogens is 1. The first-order valence-corrected chi connectivity index (χ1v) is 16.3. The van der Waals surface area contributed by atoms with Crippen LogP contribution in [0.4, 0.5) is 5.69 Å². The number of likely N-dealkylation sites (tertiary alicyclic amines) is 1. The van der Waals surface area contributed by atoms with E-state index in [9.17, 15) is 19.5 Å². The van der Waals surface area contributed by atoms with Crippen LogP contribution in [0.3, 0.4) is 0 Å². The van der Waals surface area contributed by atoms with E-state index >= 15 is 0 Å². The third kappa shape index (κ3) is 5.60.